The number of unbranched alkanes of at least 4 members (excludes halogenated alkanes) is 1. The van der Waals surface area contributed by atoms with Gasteiger partial charge in [-0.15, -0.1) is 0 Å². The summed E-state index contributed by atoms with van der Waals surface area (Å²) < 4.78 is 124. The molecule has 0 heterocycles. The van der Waals surface area contributed by atoms with E-state index in [1.807, 2.05) is 0 Å². The Kier molecular flexibility index (Phi) is 7.57. The Labute approximate surface area is 122 Å². The Balaban J connectivity index is 4.18. The molecular weight excluding hydrogens is 370 g/mol. The number of hydrogen-bond donors (Lipinski definition) is 0. The lowest BCUT2D eigenvalue weighted by Gasteiger charge is -2.14. The molecule has 0 radical (unpaired) electrons. The lowest BCUT2D eigenvalue weighted by molar-refractivity contribution is 0.0447. The van der Waals surface area contributed by atoms with E-state index in [-0.39, 0.29) is 12.8 Å². The highest BCUT2D eigenvalue weighted by Crippen LogP contribution is 2.25. The minimum Gasteiger partial charge on any atom is -0.265 e. The molecule has 6 nitrogen and oxygen atoms in total. The molecule has 14 heteroatoms. The van der Waals surface area contributed by atoms with Gasteiger partial charge in [-0.05, 0) is 12.8 Å². The Bertz CT molecular complexity index is 495. The average molecular weight is 382 g/mol. The van der Waals surface area contributed by atoms with E-state index in [2.05, 4.69) is 8.37 Å². The van der Waals surface area contributed by atoms with Gasteiger partial charge in [-0.2, -0.15) is 34.4 Å². The standard InChI is InChI=1S/C8H12F6O6S2/c9-5-7(11,12)21(15,16)19-3-1-2-4-20-22(17,18)8(13,14)6-10/h1-6H2. The maximum atomic E-state index is 12.5. The molecular formula is C8H12F6O6S2. The molecule has 0 spiro atoms. The van der Waals surface area contributed by atoms with Gasteiger partial charge in [-0.3, -0.25) is 8.37 Å². The van der Waals surface area contributed by atoms with Crippen LogP contribution in [0.25, 0.3) is 0 Å². The van der Waals surface area contributed by atoms with Gasteiger partial charge in [0.05, 0.1) is 13.2 Å². The third-order valence-corrected chi connectivity index (χ3v) is 4.69. The van der Waals surface area contributed by atoms with Crippen LogP contribution in [0.15, 0.2) is 0 Å². The SMILES string of the molecule is O=S(=O)(OCCCCOS(=O)(=O)C(F)(F)CF)C(F)(F)CF. The lowest BCUT2D eigenvalue weighted by atomic mass is 10.3. The van der Waals surface area contributed by atoms with Crippen LogP contribution in [0.1, 0.15) is 12.8 Å². The molecule has 0 saturated heterocycles. The van der Waals surface area contributed by atoms with E-state index in [1.165, 1.54) is 0 Å². The summed E-state index contributed by atoms with van der Waals surface area (Å²) in [5.74, 6) is 0. The molecule has 0 rings (SSSR count). The van der Waals surface area contributed by atoms with Gasteiger partial charge in [-0.25, -0.2) is 8.78 Å². The zero-order chi connectivity index (χ0) is 17.7. The number of halogens is 6. The molecule has 0 unspecified atom stereocenters. The van der Waals surface area contributed by atoms with E-state index < -0.39 is 57.3 Å². The van der Waals surface area contributed by atoms with Crippen LogP contribution in [-0.4, -0.2) is 53.9 Å². The minimum atomic E-state index is -5.49. The number of rotatable bonds is 11. The number of alkyl halides is 6. The van der Waals surface area contributed by atoms with E-state index >= 15 is 0 Å². The Hall–Kier alpha value is -0.600. The largest absolute Gasteiger partial charge is 0.397 e. The lowest BCUT2D eigenvalue weighted by Crippen LogP contribution is -2.33. The van der Waals surface area contributed by atoms with E-state index in [0.717, 1.165) is 0 Å². The Morgan fingerprint density at radius 3 is 1.18 bits per heavy atom. The van der Waals surface area contributed by atoms with Crippen molar-refractivity contribution in [1.82, 2.24) is 0 Å². The average Bonchev–Trinajstić information content (AvgIpc) is 2.41. The van der Waals surface area contributed by atoms with E-state index in [1.54, 1.807) is 0 Å². The van der Waals surface area contributed by atoms with Gasteiger partial charge in [0.15, 0.2) is 13.3 Å². The normalized spacial score (nSPS) is 14.3. The van der Waals surface area contributed by atoms with Gasteiger partial charge in [0.1, 0.15) is 0 Å². The first-order valence-electron chi connectivity index (χ1n) is 5.48. The van der Waals surface area contributed by atoms with Crippen LogP contribution in [0, 0.1) is 0 Å². The second-order valence-electron chi connectivity index (χ2n) is 3.80. The van der Waals surface area contributed by atoms with Crippen molar-refractivity contribution in [1.29, 1.82) is 0 Å². The van der Waals surface area contributed by atoms with Crippen LogP contribution in [0.2, 0.25) is 0 Å². The monoisotopic (exact) mass is 382 g/mol. The summed E-state index contributed by atoms with van der Waals surface area (Å²) in [6.45, 7) is -6.73. The molecule has 0 saturated carbocycles. The van der Waals surface area contributed by atoms with Gasteiger partial charge in [0, 0.05) is 0 Å². The maximum absolute atomic E-state index is 12.5. The van der Waals surface area contributed by atoms with Crippen molar-refractivity contribution >= 4 is 20.2 Å². The molecule has 0 aromatic carbocycles. The summed E-state index contributed by atoms with van der Waals surface area (Å²) in [6, 6.07) is 0. The quantitative estimate of drug-likeness (QED) is 0.306. The summed E-state index contributed by atoms with van der Waals surface area (Å²) in [5.41, 5.74) is 0. The van der Waals surface area contributed by atoms with Crippen LogP contribution >= 0.6 is 0 Å². The van der Waals surface area contributed by atoms with Crippen molar-refractivity contribution in [2.75, 3.05) is 26.6 Å². The molecule has 134 valence electrons. The van der Waals surface area contributed by atoms with Crippen LogP contribution in [0.4, 0.5) is 26.3 Å². The third-order valence-electron chi connectivity index (χ3n) is 2.06. The van der Waals surface area contributed by atoms with Crippen LogP contribution < -0.4 is 0 Å². The second kappa shape index (κ2) is 7.79. The smallest absolute Gasteiger partial charge is 0.265 e. The maximum Gasteiger partial charge on any atom is 0.397 e. The van der Waals surface area contributed by atoms with E-state index in [4.69, 9.17) is 0 Å². The fourth-order valence-electron chi connectivity index (χ4n) is 0.847. The molecule has 0 bridgehead atoms. The van der Waals surface area contributed by atoms with Crippen molar-refractivity contribution in [2.45, 2.75) is 23.4 Å². The van der Waals surface area contributed by atoms with E-state index in [9.17, 15) is 43.2 Å². The summed E-state index contributed by atoms with van der Waals surface area (Å²) >= 11 is 0. The molecule has 0 aromatic heterocycles. The molecule has 0 aliphatic carbocycles. The molecule has 0 aromatic rings. The predicted octanol–water partition coefficient (Wildman–Crippen LogP) is 1.58. The van der Waals surface area contributed by atoms with E-state index in [0.29, 0.717) is 0 Å². The topological polar surface area (TPSA) is 86.7 Å². The second-order valence-corrected chi connectivity index (χ2v) is 7.28. The van der Waals surface area contributed by atoms with Crippen molar-refractivity contribution < 1.29 is 51.5 Å². The van der Waals surface area contributed by atoms with Crippen LogP contribution in [0.5, 0.6) is 0 Å². The van der Waals surface area contributed by atoms with Crippen molar-refractivity contribution in [3.05, 3.63) is 0 Å². The highest BCUT2D eigenvalue weighted by Gasteiger charge is 2.47. The van der Waals surface area contributed by atoms with Gasteiger partial charge < -0.3 is 0 Å². The molecule has 0 fully saturated rings. The zero-order valence-electron chi connectivity index (χ0n) is 10.8. The Morgan fingerprint density at radius 1 is 0.682 bits per heavy atom. The first kappa shape index (κ1) is 21.4. The first-order valence-corrected chi connectivity index (χ1v) is 8.30. The van der Waals surface area contributed by atoms with Gasteiger partial charge in [0.25, 0.3) is 0 Å². The summed E-state index contributed by atoms with van der Waals surface area (Å²) in [6.07, 6.45) is -0.753. The van der Waals surface area contributed by atoms with Crippen LogP contribution in [-0.2, 0) is 28.6 Å². The molecule has 22 heavy (non-hydrogen) atoms. The molecule has 0 N–H and O–H groups in total. The third kappa shape index (κ3) is 5.55. The van der Waals surface area contributed by atoms with Crippen molar-refractivity contribution in [3.8, 4) is 0 Å². The highest BCUT2D eigenvalue weighted by atomic mass is 32.2. The molecule has 0 atom stereocenters. The fraction of sp³-hybridized carbons (Fsp3) is 1.00. The van der Waals surface area contributed by atoms with Crippen molar-refractivity contribution in [2.24, 2.45) is 0 Å². The van der Waals surface area contributed by atoms with Crippen molar-refractivity contribution in [3.63, 3.8) is 0 Å². The molecule has 0 amide bonds. The van der Waals surface area contributed by atoms with Gasteiger partial charge in [0.2, 0.25) is 0 Å². The van der Waals surface area contributed by atoms with Crippen LogP contribution in [0.3, 0.4) is 0 Å². The molecule has 0 aliphatic heterocycles. The Morgan fingerprint density at radius 2 is 0.955 bits per heavy atom. The number of hydrogen-bond acceptors (Lipinski definition) is 6. The zero-order valence-corrected chi connectivity index (χ0v) is 12.4. The predicted molar refractivity (Wildman–Crippen MR) is 60.8 cm³/mol. The minimum absolute atomic E-state index is 0.377. The summed E-state index contributed by atoms with van der Waals surface area (Å²) in [7, 11) is -11.0. The highest BCUT2D eigenvalue weighted by molar-refractivity contribution is 7.88. The summed E-state index contributed by atoms with van der Waals surface area (Å²) in [5, 5.41) is -9.45. The summed E-state index contributed by atoms with van der Waals surface area (Å²) in [4.78, 5) is 0. The van der Waals surface area contributed by atoms with Gasteiger partial charge >= 0.3 is 30.7 Å². The van der Waals surface area contributed by atoms with Gasteiger partial charge in [-0.1, -0.05) is 0 Å². The molecule has 0 aliphatic rings. The first-order chi connectivity index (χ1) is 9.83. The fourth-order valence-corrected chi connectivity index (χ4v) is 2.13.